The van der Waals surface area contributed by atoms with E-state index in [4.69, 9.17) is 4.98 Å². The molecule has 0 aliphatic rings. The van der Waals surface area contributed by atoms with Gasteiger partial charge in [-0.2, -0.15) is 3.96 Å². The van der Waals surface area contributed by atoms with Crippen LogP contribution in [0, 0.1) is 0 Å². The van der Waals surface area contributed by atoms with Crippen LogP contribution in [0.2, 0.25) is 0 Å². The van der Waals surface area contributed by atoms with E-state index >= 15 is 0 Å². The zero-order valence-corrected chi connectivity index (χ0v) is 15.6. The van der Waals surface area contributed by atoms with Crippen LogP contribution in [-0.2, 0) is 6.54 Å². The number of benzene rings is 3. The topological polar surface area (TPSA) is 28.8 Å². The van der Waals surface area contributed by atoms with Crippen molar-refractivity contribution < 1.29 is 16.4 Å². The summed E-state index contributed by atoms with van der Waals surface area (Å²) in [5.74, 6) is 0.980. The van der Waals surface area contributed by atoms with E-state index in [1.807, 2.05) is 54.6 Å². The molecule has 0 atom stereocenters. The first-order valence-electron chi connectivity index (χ1n) is 8.21. The van der Waals surface area contributed by atoms with Crippen LogP contribution in [0.15, 0.2) is 91.0 Å². The van der Waals surface area contributed by atoms with Crippen LogP contribution < -0.4 is 21.7 Å². The second-order valence-electron chi connectivity index (χ2n) is 5.71. The molecule has 0 radical (unpaired) electrons. The standard InChI is InChI=1S/C21H17N3S.ClH/c1-4-10-17(11-5-1)16-24-20(18-12-6-2-7-13-18)23-21(25-24)22-19-14-8-3-9-15-19;/h1-15H,16H2;1H. The monoisotopic (exact) mass is 379 g/mol. The lowest BCUT2D eigenvalue weighted by Crippen LogP contribution is -3.00. The molecule has 4 rings (SSSR count). The molecule has 0 aliphatic heterocycles. The van der Waals surface area contributed by atoms with Crippen molar-refractivity contribution >= 4 is 22.4 Å². The van der Waals surface area contributed by atoms with E-state index in [1.54, 1.807) is 11.5 Å². The Morgan fingerprint density at radius 3 is 2.00 bits per heavy atom. The van der Waals surface area contributed by atoms with Crippen molar-refractivity contribution in [2.24, 2.45) is 0 Å². The van der Waals surface area contributed by atoms with Crippen LogP contribution in [0.5, 0.6) is 0 Å². The minimum Gasteiger partial charge on any atom is -1.00 e. The zero-order valence-electron chi connectivity index (χ0n) is 14.0. The first-order valence-corrected chi connectivity index (χ1v) is 8.98. The third-order valence-electron chi connectivity index (χ3n) is 3.87. The molecule has 0 aliphatic carbocycles. The first-order chi connectivity index (χ1) is 12.4. The van der Waals surface area contributed by atoms with Gasteiger partial charge in [-0.1, -0.05) is 66.7 Å². The molecule has 4 aromatic rings. The highest BCUT2D eigenvalue weighted by Gasteiger charge is 2.23. The number of para-hydroxylation sites is 1. The fraction of sp³-hybridized carbons (Fsp3) is 0.0476. The highest BCUT2D eigenvalue weighted by atomic mass is 35.5. The lowest BCUT2D eigenvalue weighted by atomic mass is 10.2. The first kappa shape index (κ1) is 18.1. The fourth-order valence-electron chi connectivity index (χ4n) is 2.67. The zero-order chi connectivity index (χ0) is 16.9. The number of hydrogen-bond acceptors (Lipinski definition) is 3. The second-order valence-corrected chi connectivity index (χ2v) is 6.72. The smallest absolute Gasteiger partial charge is 0.345 e. The van der Waals surface area contributed by atoms with Gasteiger partial charge in [-0.05, 0) is 34.8 Å². The highest BCUT2D eigenvalue weighted by Crippen LogP contribution is 2.23. The molecule has 130 valence electrons. The van der Waals surface area contributed by atoms with Crippen LogP contribution in [-0.4, -0.2) is 4.98 Å². The third-order valence-corrected chi connectivity index (χ3v) is 4.76. The summed E-state index contributed by atoms with van der Waals surface area (Å²) < 4.78 is 2.23. The Morgan fingerprint density at radius 2 is 1.35 bits per heavy atom. The van der Waals surface area contributed by atoms with E-state index in [0.717, 1.165) is 28.8 Å². The molecule has 0 saturated heterocycles. The maximum absolute atomic E-state index is 4.84. The number of halogens is 1. The van der Waals surface area contributed by atoms with Gasteiger partial charge >= 0.3 is 11.0 Å². The summed E-state index contributed by atoms with van der Waals surface area (Å²) in [6.45, 7) is 0.805. The molecule has 0 spiro atoms. The molecule has 3 aromatic carbocycles. The third kappa shape index (κ3) is 4.28. The number of rotatable bonds is 5. The summed E-state index contributed by atoms with van der Waals surface area (Å²) in [5, 5.41) is 4.30. The molecule has 0 unspecified atom stereocenters. The van der Waals surface area contributed by atoms with Crippen LogP contribution >= 0.6 is 11.5 Å². The van der Waals surface area contributed by atoms with Crippen molar-refractivity contribution in [3.05, 3.63) is 96.6 Å². The van der Waals surface area contributed by atoms with Gasteiger partial charge in [0.1, 0.15) is 18.1 Å². The summed E-state index contributed by atoms with van der Waals surface area (Å²) in [6, 6.07) is 30.9. The Morgan fingerprint density at radius 1 is 0.769 bits per heavy atom. The van der Waals surface area contributed by atoms with Crippen LogP contribution in [0.1, 0.15) is 5.56 Å². The predicted octanol–water partition coefficient (Wildman–Crippen LogP) is 1.89. The average Bonchev–Trinajstić information content (AvgIpc) is 3.06. The second kappa shape index (κ2) is 8.61. The van der Waals surface area contributed by atoms with Crippen molar-refractivity contribution in [2.75, 3.05) is 5.32 Å². The van der Waals surface area contributed by atoms with Gasteiger partial charge in [0.2, 0.25) is 0 Å². The quantitative estimate of drug-likeness (QED) is 0.536. The van der Waals surface area contributed by atoms with E-state index in [2.05, 4.69) is 45.7 Å². The van der Waals surface area contributed by atoms with Crippen molar-refractivity contribution in [3.8, 4) is 11.4 Å². The number of aromatic nitrogens is 2. The molecule has 1 aromatic heterocycles. The van der Waals surface area contributed by atoms with Crippen LogP contribution in [0.4, 0.5) is 10.8 Å². The van der Waals surface area contributed by atoms with Gasteiger partial charge in [0, 0.05) is 5.69 Å². The van der Waals surface area contributed by atoms with Gasteiger partial charge < -0.3 is 17.7 Å². The maximum atomic E-state index is 4.84. The number of nitrogens with zero attached hydrogens (tertiary/aromatic N) is 2. The molecule has 26 heavy (non-hydrogen) atoms. The summed E-state index contributed by atoms with van der Waals surface area (Å²) in [6.07, 6.45) is 0. The van der Waals surface area contributed by atoms with Gasteiger partial charge in [-0.3, -0.25) is 0 Å². The maximum Gasteiger partial charge on any atom is 0.345 e. The SMILES string of the molecule is [Cl-].c1ccc(C[n+]2sc(Nc3ccccc3)nc2-c2ccccc2)cc1. The Hall–Kier alpha value is -2.69. The lowest BCUT2D eigenvalue weighted by molar-refractivity contribution is -0.610. The largest absolute Gasteiger partial charge is 1.00 e. The van der Waals surface area contributed by atoms with Gasteiger partial charge in [0.05, 0.1) is 5.56 Å². The number of anilines is 2. The average molecular weight is 380 g/mol. The minimum atomic E-state index is 0. The molecule has 5 heteroatoms. The number of hydrogen-bond donors (Lipinski definition) is 1. The molecular formula is C21H18ClN3S. The van der Waals surface area contributed by atoms with E-state index in [1.165, 1.54) is 5.56 Å². The number of nitrogens with one attached hydrogen (secondary N) is 1. The summed E-state index contributed by atoms with van der Waals surface area (Å²) in [4.78, 5) is 4.84. The molecule has 1 N–H and O–H groups in total. The van der Waals surface area contributed by atoms with Crippen LogP contribution in [0.3, 0.4) is 0 Å². The molecule has 0 bridgehead atoms. The van der Waals surface area contributed by atoms with Crippen molar-refractivity contribution in [2.45, 2.75) is 6.54 Å². The Bertz CT molecular complexity index is 941. The highest BCUT2D eigenvalue weighted by molar-refractivity contribution is 7.06. The molecule has 0 amide bonds. The van der Waals surface area contributed by atoms with E-state index < -0.39 is 0 Å². The van der Waals surface area contributed by atoms with Crippen molar-refractivity contribution in [1.82, 2.24) is 4.98 Å². The molecule has 1 heterocycles. The van der Waals surface area contributed by atoms with Crippen LogP contribution in [0.25, 0.3) is 11.4 Å². The molecule has 0 saturated carbocycles. The fourth-order valence-corrected chi connectivity index (χ4v) is 3.61. The van der Waals surface area contributed by atoms with E-state index in [-0.39, 0.29) is 12.4 Å². The summed E-state index contributed by atoms with van der Waals surface area (Å²) in [7, 11) is 0. The Balaban J connectivity index is 0.00000196. The van der Waals surface area contributed by atoms with Crippen molar-refractivity contribution in [3.63, 3.8) is 0 Å². The van der Waals surface area contributed by atoms with Gasteiger partial charge in [0.25, 0.3) is 0 Å². The predicted molar refractivity (Wildman–Crippen MR) is 103 cm³/mol. The van der Waals surface area contributed by atoms with Gasteiger partial charge in [-0.15, -0.1) is 0 Å². The summed E-state index contributed by atoms with van der Waals surface area (Å²) >= 11 is 1.64. The molecule has 0 fully saturated rings. The van der Waals surface area contributed by atoms with Gasteiger partial charge in [0.15, 0.2) is 0 Å². The van der Waals surface area contributed by atoms with E-state index in [0.29, 0.717) is 0 Å². The summed E-state index contributed by atoms with van der Waals surface area (Å²) in [5.41, 5.74) is 3.43. The molecular weight excluding hydrogens is 362 g/mol. The normalized spacial score (nSPS) is 10.2. The molecule has 3 nitrogen and oxygen atoms in total. The van der Waals surface area contributed by atoms with Gasteiger partial charge in [-0.25, -0.2) is 0 Å². The Kier molecular flexibility index (Phi) is 6.00. The minimum absolute atomic E-state index is 0. The lowest BCUT2D eigenvalue weighted by Gasteiger charge is -1.99. The van der Waals surface area contributed by atoms with Crippen molar-refractivity contribution in [1.29, 1.82) is 0 Å². The Labute approximate surface area is 163 Å². The van der Waals surface area contributed by atoms with E-state index in [9.17, 15) is 0 Å².